The third-order valence-electron chi connectivity index (χ3n) is 2.56. The lowest BCUT2D eigenvalue weighted by Gasteiger charge is -2.14. The molecule has 0 aliphatic carbocycles. The minimum Gasteiger partial charge on any atom is -0.375 e. The molecule has 1 nitrogen and oxygen atoms in total. The number of ether oxygens (including phenoxy) is 1. The Balaban J connectivity index is 3.21. The zero-order valence-electron chi connectivity index (χ0n) is 10.5. The van der Waals surface area contributed by atoms with E-state index in [0.717, 1.165) is 37.9 Å². The summed E-state index contributed by atoms with van der Waals surface area (Å²) in [5, 5.41) is 0. The fourth-order valence-electron chi connectivity index (χ4n) is 1.47. The van der Waals surface area contributed by atoms with Gasteiger partial charge in [-0.15, -0.1) is 0 Å². The van der Waals surface area contributed by atoms with E-state index in [2.05, 4.69) is 17.4 Å². The Labute approximate surface area is 112 Å². The second kappa shape index (κ2) is 10.9. The summed E-state index contributed by atoms with van der Waals surface area (Å²) in [7, 11) is 0. The van der Waals surface area contributed by atoms with Crippen LogP contribution in [0.2, 0.25) is 0 Å². The Hall–Kier alpha value is 0.0300. The number of rotatable bonds is 12. The molecule has 110 valence electrons. The molecule has 0 aromatic carbocycles. The largest absolute Gasteiger partial charge is 0.375 e. The zero-order valence-corrected chi connectivity index (χ0v) is 11.4. The van der Waals surface area contributed by atoms with Crippen molar-refractivity contribution in [2.24, 2.45) is 0 Å². The minimum absolute atomic E-state index is 0.124. The molecule has 0 spiro atoms. The summed E-state index contributed by atoms with van der Waals surface area (Å²) in [4.78, 5) is 0. The molecule has 0 rings (SSSR count). The number of unbranched alkanes of at least 4 members (excludes halogenated alkanes) is 6. The molecule has 6 heteroatoms. The first kappa shape index (κ1) is 18.0. The Morgan fingerprint density at radius 2 is 1.39 bits per heavy atom. The Morgan fingerprint density at radius 3 is 1.89 bits per heavy atom. The first-order chi connectivity index (χ1) is 8.50. The van der Waals surface area contributed by atoms with Crippen molar-refractivity contribution in [1.29, 1.82) is 0 Å². The molecule has 0 radical (unpaired) electrons. The fraction of sp³-hybridized carbons (Fsp3) is 1.00. The average molecular weight is 290 g/mol. The number of alkyl halides is 4. The van der Waals surface area contributed by atoms with Gasteiger partial charge in [-0.3, -0.25) is 0 Å². The molecule has 0 aromatic rings. The van der Waals surface area contributed by atoms with Gasteiger partial charge in [0.2, 0.25) is 0 Å². The van der Waals surface area contributed by atoms with Gasteiger partial charge in [0.1, 0.15) is 6.61 Å². The van der Waals surface area contributed by atoms with Gasteiger partial charge in [0, 0.05) is 6.61 Å². The van der Waals surface area contributed by atoms with Gasteiger partial charge in [-0.1, -0.05) is 32.1 Å². The summed E-state index contributed by atoms with van der Waals surface area (Å²) < 4.78 is 52.9. The molecule has 0 heterocycles. The molecule has 0 aliphatic rings. The standard InChI is InChI=1S/C12H22F4OS/c13-11(14)12(15,16)10-17-8-6-4-2-1-3-5-7-9-18/h11,18H,1-10H2. The summed E-state index contributed by atoms with van der Waals surface area (Å²) in [6, 6.07) is 0. The van der Waals surface area contributed by atoms with Crippen molar-refractivity contribution >= 4 is 12.6 Å². The van der Waals surface area contributed by atoms with Crippen LogP contribution in [0, 0.1) is 0 Å². The molecule has 0 N–H and O–H groups in total. The van der Waals surface area contributed by atoms with Crippen LogP contribution in [-0.4, -0.2) is 31.3 Å². The molecule has 0 unspecified atom stereocenters. The molecular weight excluding hydrogens is 268 g/mol. The van der Waals surface area contributed by atoms with Crippen molar-refractivity contribution in [3.63, 3.8) is 0 Å². The van der Waals surface area contributed by atoms with Gasteiger partial charge in [-0.25, -0.2) is 8.78 Å². The Kier molecular flexibility index (Phi) is 10.9. The van der Waals surface area contributed by atoms with E-state index in [4.69, 9.17) is 0 Å². The third-order valence-corrected chi connectivity index (χ3v) is 2.88. The van der Waals surface area contributed by atoms with Crippen molar-refractivity contribution in [1.82, 2.24) is 0 Å². The van der Waals surface area contributed by atoms with Crippen LogP contribution >= 0.6 is 12.6 Å². The van der Waals surface area contributed by atoms with Gasteiger partial charge in [0.15, 0.2) is 0 Å². The molecule has 0 saturated heterocycles. The number of hydrogen-bond donors (Lipinski definition) is 1. The first-order valence-electron chi connectivity index (χ1n) is 6.35. The van der Waals surface area contributed by atoms with Crippen molar-refractivity contribution in [3.8, 4) is 0 Å². The molecule has 18 heavy (non-hydrogen) atoms. The molecular formula is C12H22F4OS. The van der Waals surface area contributed by atoms with Crippen molar-refractivity contribution in [2.45, 2.75) is 57.3 Å². The van der Waals surface area contributed by atoms with Gasteiger partial charge in [0.25, 0.3) is 0 Å². The van der Waals surface area contributed by atoms with Crippen molar-refractivity contribution in [2.75, 3.05) is 19.0 Å². The summed E-state index contributed by atoms with van der Waals surface area (Å²) >= 11 is 4.11. The lowest BCUT2D eigenvalue weighted by Crippen LogP contribution is -2.32. The van der Waals surface area contributed by atoms with Crippen LogP contribution in [0.1, 0.15) is 44.9 Å². The Morgan fingerprint density at radius 1 is 0.889 bits per heavy atom. The highest BCUT2D eigenvalue weighted by Gasteiger charge is 2.40. The number of thiol groups is 1. The molecule has 0 aliphatic heterocycles. The second-order valence-electron chi connectivity index (χ2n) is 4.31. The number of halogens is 4. The second-order valence-corrected chi connectivity index (χ2v) is 4.76. The van der Waals surface area contributed by atoms with Crippen LogP contribution in [0.3, 0.4) is 0 Å². The van der Waals surface area contributed by atoms with Crippen LogP contribution in [0.4, 0.5) is 17.6 Å². The Bertz CT molecular complexity index is 191. The highest BCUT2D eigenvalue weighted by Crippen LogP contribution is 2.22. The van der Waals surface area contributed by atoms with E-state index in [0.29, 0.717) is 6.42 Å². The number of hydrogen-bond acceptors (Lipinski definition) is 2. The lowest BCUT2D eigenvalue weighted by atomic mass is 10.1. The van der Waals surface area contributed by atoms with Crippen LogP contribution in [0.5, 0.6) is 0 Å². The summed E-state index contributed by atoms with van der Waals surface area (Å²) in [6.45, 7) is -1.06. The van der Waals surface area contributed by atoms with Gasteiger partial charge >= 0.3 is 12.3 Å². The topological polar surface area (TPSA) is 9.23 Å². The SMILES string of the molecule is FC(F)C(F)(F)COCCCCCCCCCS. The van der Waals surface area contributed by atoms with E-state index >= 15 is 0 Å². The maximum Gasteiger partial charge on any atom is 0.330 e. The van der Waals surface area contributed by atoms with Crippen LogP contribution in [-0.2, 0) is 4.74 Å². The smallest absolute Gasteiger partial charge is 0.330 e. The van der Waals surface area contributed by atoms with E-state index in [1.807, 2.05) is 0 Å². The molecule has 0 amide bonds. The lowest BCUT2D eigenvalue weighted by molar-refractivity contribution is -0.165. The molecule has 0 atom stereocenters. The predicted molar refractivity (Wildman–Crippen MR) is 67.9 cm³/mol. The summed E-state index contributed by atoms with van der Waals surface area (Å²) in [6.07, 6.45) is 3.47. The predicted octanol–water partition coefficient (Wildman–Crippen LogP) is 4.56. The van der Waals surface area contributed by atoms with E-state index in [-0.39, 0.29) is 6.61 Å². The van der Waals surface area contributed by atoms with E-state index < -0.39 is 19.0 Å². The molecule has 0 fully saturated rings. The average Bonchev–Trinajstić information content (AvgIpc) is 2.31. The van der Waals surface area contributed by atoms with Gasteiger partial charge in [-0.2, -0.15) is 21.4 Å². The van der Waals surface area contributed by atoms with E-state index in [1.165, 1.54) is 6.42 Å². The highest BCUT2D eigenvalue weighted by molar-refractivity contribution is 7.80. The third kappa shape index (κ3) is 10.00. The molecule has 0 aromatic heterocycles. The normalized spacial score (nSPS) is 12.3. The van der Waals surface area contributed by atoms with Crippen LogP contribution < -0.4 is 0 Å². The van der Waals surface area contributed by atoms with Gasteiger partial charge in [-0.05, 0) is 18.6 Å². The minimum atomic E-state index is -4.02. The summed E-state index contributed by atoms with van der Waals surface area (Å²) in [5.41, 5.74) is 0. The van der Waals surface area contributed by atoms with E-state index in [9.17, 15) is 17.6 Å². The van der Waals surface area contributed by atoms with Crippen LogP contribution in [0.25, 0.3) is 0 Å². The molecule has 0 bridgehead atoms. The van der Waals surface area contributed by atoms with Gasteiger partial charge in [0.05, 0.1) is 0 Å². The van der Waals surface area contributed by atoms with Gasteiger partial charge < -0.3 is 4.74 Å². The maximum absolute atomic E-state index is 12.4. The van der Waals surface area contributed by atoms with Crippen LogP contribution in [0.15, 0.2) is 0 Å². The maximum atomic E-state index is 12.4. The quantitative estimate of drug-likeness (QED) is 0.315. The van der Waals surface area contributed by atoms with Crippen molar-refractivity contribution < 1.29 is 22.3 Å². The first-order valence-corrected chi connectivity index (χ1v) is 6.98. The summed E-state index contributed by atoms with van der Waals surface area (Å²) in [5.74, 6) is -3.11. The van der Waals surface area contributed by atoms with Crippen molar-refractivity contribution in [3.05, 3.63) is 0 Å². The molecule has 0 saturated carbocycles. The zero-order chi connectivity index (χ0) is 13.9. The highest BCUT2D eigenvalue weighted by atomic mass is 32.1. The van der Waals surface area contributed by atoms with E-state index in [1.54, 1.807) is 0 Å². The monoisotopic (exact) mass is 290 g/mol. The fourth-order valence-corrected chi connectivity index (χ4v) is 1.69.